The lowest BCUT2D eigenvalue weighted by Crippen LogP contribution is -2.36. The number of aliphatic hydroxyl groups excluding tert-OH is 1. The highest BCUT2D eigenvalue weighted by molar-refractivity contribution is 5.76. The van der Waals surface area contributed by atoms with Crippen molar-refractivity contribution >= 4 is 5.91 Å². The molecule has 1 aliphatic rings. The number of aliphatic hydroxyl groups is 1. The number of hydrogen-bond acceptors (Lipinski definition) is 2. The van der Waals surface area contributed by atoms with Gasteiger partial charge in [0.1, 0.15) is 0 Å². The van der Waals surface area contributed by atoms with Crippen molar-refractivity contribution in [1.82, 2.24) is 4.90 Å². The molecule has 0 aromatic rings. The number of carbonyl (C=O) groups excluding carboxylic acids is 1. The topological polar surface area (TPSA) is 40.5 Å². The van der Waals surface area contributed by atoms with Crippen molar-refractivity contribution in [3.8, 4) is 0 Å². The van der Waals surface area contributed by atoms with Crippen LogP contribution in [0.5, 0.6) is 0 Å². The van der Waals surface area contributed by atoms with Crippen molar-refractivity contribution in [1.29, 1.82) is 0 Å². The Balaban J connectivity index is 2.15. The van der Waals surface area contributed by atoms with E-state index in [9.17, 15) is 4.79 Å². The van der Waals surface area contributed by atoms with Crippen LogP contribution in [-0.2, 0) is 4.79 Å². The smallest absolute Gasteiger partial charge is 0.222 e. The molecular weight excluding hydrogens is 166 g/mol. The lowest BCUT2D eigenvalue weighted by atomic mass is 10.1. The lowest BCUT2D eigenvalue weighted by molar-refractivity contribution is -0.133. The van der Waals surface area contributed by atoms with Gasteiger partial charge in [0.25, 0.3) is 0 Å². The van der Waals surface area contributed by atoms with Crippen molar-refractivity contribution in [2.24, 2.45) is 0 Å². The van der Waals surface area contributed by atoms with E-state index >= 15 is 0 Å². The summed E-state index contributed by atoms with van der Waals surface area (Å²) >= 11 is 0. The molecule has 1 aliphatic heterocycles. The second kappa shape index (κ2) is 5.22. The Morgan fingerprint density at radius 1 is 1.54 bits per heavy atom. The predicted octanol–water partition coefficient (Wildman–Crippen LogP) is 1.16. The highest BCUT2D eigenvalue weighted by Crippen LogP contribution is 2.11. The molecule has 1 fully saturated rings. The lowest BCUT2D eigenvalue weighted by Gasteiger charge is -2.26. The second-order valence-electron chi connectivity index (χ2n) is 3.83. The van der Waals surface area contributed by atoms with Gasteiger partial charge in [0, 0.05) is 19.5 Å². The standard InChI is InChI=1S/C10H19NO2/c1-9(12)5-4-8-11-7-3-2-6-10(11)13/h9,12H,2-8H2,1H3. The van der Waals surface area contributed by atoms with Gasteiger partial charge in [-0.15, -0.1) is 0 Å². The number of likely N-dealkylation sites (tertiary alicyclic amines) is 1. The largest absolute Gasteiger partial charge is 0.393 e. The minimum atomic E-state index is -0.236. The fourth-order valence-electron chi connectivity index (χ4n) is 1.68. The van der Waals surface area contributed by atoms with Crippen LogP contribution in [0.1, 0.15) is 39.0 Å². The van der Waals surface area contributed by atoms with Crippen LogP contribution in [0, 0.1) is 0 Å². The third-order valence-electron chi connectivity index (χ3n) is 2.47. The maximum atomic E-state index is 11.3. The number of amides is 1. The monoisotopic (exact) mass is 185 g/mol. The molecule has 0 saturated carbocycles. The number of rotatable bonds is 4. The molecule has 1 amide bonds. The first-order valence-electron chi connectivity index (χ1n) is 5.16. The van der Waals surface area contributed by atoms with E-state index in [1.807, 2.05) is 4.90 Å². The molecule has 0 aromatic heterocycles. The molecule has 3 nitrogen and oxygen atoms in total. The molecule has 1 atom stereocenters. The van der Waals surface area contributed by atoms with Gasteiger partial charge in [-0.05, 0) is 32.6 Å². The second-order valence-corrected chi connectivity index (χ2v) is 3.83. The first kappa shape index (κ1) is 10.5. The van der Waals surface area contributed by atoms with E-state index in [1.54, 1.807) is 6.92 Å². The average Bonchev–Trinajstić information content (AvgIpc) is 2.08. The van der Waals surface area contributed by atoms with Crippen LogP contribution in [0.2, 0.25) is 0 Å². The highest BCUT2D eigenvalue weighted by atomic mass is 16.3. The first-order valence-corrected chi connectivity index (χ1v) is 5.16. The number of hydrogen-bond donors (Lipinski definition) is 1. The molecule has 1 unspecified atom stereocenters. The van der Waals surface area contributed by atoms with Gasteiger partial charge >= 0.3 is 0 Å². The van der Waals surface area contributed by atoms with Crippen LogP contribution in [0.25, 0.3) is 0 Å². The Morgan fingerprint density at radius 3 is 2.92 bits per heavy atom. The molecule has 0 spiro atoms. The minimum absolute atomic E-state index is 0.236. The summed E-state index contributed by atoms with van der Waals surface area (Å²) in [6.45, 7) is 3.53. The molecule has 1 saturated heterocycles. The zero-order valence-corrected chi connectivity index (χ0v) is 8.33. The SMILES string of the molecule is CC(O)CCCN1CCCCC1=O. The first-order chi connectivity index (χ1) is 6.20. The van der Waals surface area contributed by atoms with Gasteiger partial charge in [-0.3, -0.25) is 4.79 Å². The van der Waals surface area contributed by atoms with Gasteiger partial charge in [-0.1, -0.05) is 0 Å². The Kier molecular flexibility index (Phi) is 4.22. The summed E-state index contributed by atoms with van der Waals surface area (Å²) in [5.74, 6) is 0.289. The summed E-state index contributed by atoms with van der Waals surface area (Å²) in [5.41, 5.74) is 0. The van der Waals surface area contributed by atoms with E-state index in [-0.39, 0.29) is 12.0 Å². The molecular formula is C10H19NO2. The molecule has 1 N–H and O–H groups in total. The summed E-state index contributed by atoms with van der Waals surface area (Å²) in [7, 11) is 0. The van der Waals surface area contributed by atoms with Crippen molar-refractivity contribution in [3.05, 3.63) is 0 Å². The molecule has 13 heavy (non-hydrogen) atoms. The van der Waals surface area contributed by atoms with Crippen molar-refractivity contribution in [3.63, 3.8) is 0 Å². The molecule has 0 radical (unpaired) electrons. The summed E-state index contributed by atoms with van der Waals surface area (Å²) < 4.78 is 0. The predicted molar refractivity (Wildman–Crippen MR) is 51.3 cm³/mol. The van der Waals surface area contributed by atoms with Crippen LogP contribution in [0.15, 0.2) is 0 Å². The zero-order valence-electron chi connectivity index (χ0n) is 8.33. The van der Waals surface area contributed by atoms with E-state index in [0.29, 0.717) is 6.42 Å². The fourth-order valence-corrected chi connectivity index (χ4v) is 1.68. The minimum Gasteiger partial charge on any atom is -0.393 e. The van der Waals surface area contributed by atoms with E-state index < -0.39 is 0 Å². The normalized spacial score (nSPS) is 20.5. The summed E-state index contributed by atoms with van der Waals surface area (Å²) in [6, 6.07) is 0. The van der Waals surface area contributed by atoms with Gasteiger partial charge in [-0.2, -0.15) is 0 Å². The van der Waals surface area contributed by atoms with Crippen LogP contribution in [0.4, 0.5) is 0 Å². The van der Waals surface area contributed by atoms with Gasteiger partial charge in [0.2, 0.25) is 5.91 Å². The molecule has 0 aliphatic carbocycles. The Hall–Kier alpha value is -0.570. The number of nitrogens with zero attached hydrogens (tertiary/aromatic N) is 1. The van der Waals surface area contributed by atoms with E-state index in [2.05, 4.69) is 0 Å². The third-order valence-corrected chi connectivity index (χ3v) is 2.47. The molecule has 1 heterocycles. The average molecular weight is 185 g/mol. The fraction of sp³-hybridized carbons (Fsp3) is 0.900. The molecule has 76 valence electrons. The molecule has 0 aromatic carbocycles. The number of piperidine rings is 1. The van der Waals surface area contributed by atoms with E-state index in [0.717, 1.165) is 38.8 Å². The van der Waals surface area contributed by atoms with Gasteiger partial charge in [-0.25, -0.2) is 0 Å². The van der Waals surface area contributed by atoms with E-state index in [4.69, 9.17) is 5.11 Å². The third kappa shape index (κ3) is 3.77. The molecule has 0 bridgehead atoms. The van der Waals surface area contributed by atoms with Crippen molar-refractivity contribution in [2.45, 2.75) is 45.1 Å². The van der Waals surface area contributed by atoms with Crippen LogP contribution < -0.4 is 0 Å². The Labute approximate surface area is 79.7 Å². The Morgan fingerprint density at radius 2 is 2.31 bits per heavy atom. The van der Waals surface area contributed by atoms with Gasteiger partial charge in [0.15, 0.2) is 0 Å². The van der Waals surface area contributed by atoms with Crippen LogP contribution in [-0.4, -0.2) is 35.1 Å². The van der Waals surface area contributed by atoms with Crippen LogP contribution in [0.3, 0.4) is 0 Å². The quantitative estimate of drug-likeness (QED) is 0.714. The maximum absolute atomic E-state index is 11.3. The molecule has 1 rings (SSSR count). The summed E-state index contributed by atoms with van der Waals surface area (Å²) in [4.78, 5) is 13.3. The summed E-state index contributed by atoms with van der Waals surface area (Å²) in [5, 5.41) is 9.04. The molecule has 3 heteroatoms. The highest BCUT2D eigenvalue weighted by Gasteiger charge is 2.16. The number of carbonyl (C=O) groups is 1. The maximum Gasteiger partial charge on any atom is 0.222 e. The van der Waals surface area contributed by atoms with Crippen LogP contribution >= 0.6 is 0 Å². The van der Waals surface area contributed by atoms with Gasteiger partial charge < -0.3 is 10.0 Å². The van der Waals surface area contributed by atoms with Crippen molar-refractivity contribution in [2.75, 3.05) is 13.1 Å². The summed E-state index contributed by atoms with van der Waals surface area (Å²) in [6.07, 6.45) is 4.38. The Bertz CT molecular complexity index is 168. The van der Waals surface area contributed by atoms with Crippen molar-refractivity contribution < 1.29 is 9.90 Å². The van der Waals surface area contributed by atoms with E-state index in [1.165, 1.54) is 0 Å². The zero-order chi connectivity index (χ0) is 9.68. The van der Waals surface area contributed by atoms with Gasteiger partial charge in [0.05, 0.1) is 6.10 Å².